The van der Waals surface area contributed by atoms with Crippen LogP contribution in [0.5, 0.6) is 0 Å². The molecule has 0 saturated carbocycles. The standard InChI is InChI=1S/C11H16BN3O3S/c1-8-5-6-16-12(17-8)18-11(13)15-14-9(2)10-4-3-7-19-10/h3-4,7-8H,5-6H2,1-2H3,(H2,13,15)/b14-9-. The molecule has 1 aliphatic rings. The van der Waals surface area contributed by atoms with Gasteiger partial charge in [-0.3, -0.25) is 0 Å². The monoisotopic (exact) mass is 281 g/mol. The number of hydrogen-bond acceptors (Lipinski definition) is 6. The van der Waals surface area contributed by atoms with Crippen molar-refractivity contribution in [2.45, 2.75) is 26.4 Å². The fourth-order valence-electron chi connectivity index (χ4n) is 1.47. The molecule has 2 heterocycles. The summed E-state index contributed by atoms with van der Waals surface area (Å²) in [5.74, 6) is 0. The van der Waals surface area contributed by atoms with E-state index in [0.29, 0.717) is 6.61 Å². The van der Waals surface area contributed by atoms with Crippen molar-refractivity contribution >= 4 is 30.4 Å². The average Bonchev–Trinajstić information content (AvgIpc) is 2.90. The van der Waals surface area contributed by atoms with Crippen LogP contribution in [0, 0.1) is 0 Å². The summed E-state index contributed by atoms with van der Waals surface area (Å²) in [5, 5.41) is 9.79. The van der Waals surface area contributed by atoms with E-state index in [1.165, 1.54) is 0 Å². The van der Waals surface area contributed by atoms with Gasteiger partial charge in [0.2, 0.25) is 0 Å². The third-order valence-electron chi connectivity index (χ3n) is 2.52. The maximum atomic E-state index is 5.62. The zero-order valence-electron chi connectivity index (χ0n) is 10.9. The molecule has 8 heteroatoms. The summed E-state index contributed by atoms with van der Waals surface area (Å²) in [4.78, 5) is 1.04. The molecule has 1 fully saturated rings. The highest BCUT2D eigenvalue weighted by atomic mass is 32.1. The van der Waals surface area contributed by atoms with Crippen LogP contribution in [0.25, 0.3) is 0 Å². The summed E-state index contributed by atoms with van der Waals surface area (Å²) in [6.07, 6.45) is 0.926. The first-order valence-electron chi connectivity index (χ1n) is 6.00. The Balaban J connectivity index is 1.90. The molecule has 2 N–H and O–H groups in total. The number of nitrogens with zero attached hydrogens (tertiary/aromatic N) is 2. The summed E-state index contributed by atoms with van der Waals surface area (Å²) >= 11 is 1.59. The van der Waals surface area contributed by atoms with Crippen molar-refractivity contribution in [2.24, 2.45) is 15.9 Å². The van der Waals surface area contributed by atoms with Crippen LogP contribution in [-0.2, 0) is 14.0 Å². The number of thiophene rings is 1. The zero-order chi connectivity index (χ0) is 13.7. The first-order chi connectivity index (χ1) is 9.15. The molecule has 0 amide bonds. The molecule has 1 unspecified atom stereocenters. The molecule has 1 aromatic heterocycles. The van der Waals surface area contributed by atoms with Gasteiger partial charge in [-0.25, -0.2) is 0 Å². The highest BCUT2D eigenvalue weighted by molar-refractivity contribution is 7.12. The molecule has 1 saturated heterocycles. The van der Waals surface area contributed by atoms with Gasteiger partial charge in [-0.1, -0.05) is 11.2 Å². The molecule has 0 bridgehead atoms. The van der Waals surface area contributed by atoms with Crippen molar-refractivity contribution in [3.8, 4) is 0 Å². The topological polar surface area (TPSA) is 78.4 Å². The van der Waals surface area contributed by atoms with Crippen molar-refractivity contribution in [2.75, 3.05) is 6.61 Å². The van der Waals surface area contributed by atoms with E-state index in [4.69, 9.17) is 19.7 Å². The molecular formula is C11H16BN3O3S. The van der Waals surface area contributed by atoms with Crippen LogP contribution in [0.3, 0.4) is 0 Å². The Kier molecular flexibility index (Phi) is 4.95. The molecule has 1 aliphatic heterocycles. The van der Waals surface area contributed by atoms with E-state index >= 15 is 0 Å². The molecule has 0 radical (unpaired) electrons. The summed E-state index contributed by atoms with van der Waals surface area (Å²) in [5.41, 5.74) is 6.39. The van der Waals surface area contributed by atoms with Crippen molar-refractivity contribution in [3.05, 3.63) is 22.4 Å². The van der Waals surface area contributed by atoms with E-state index in [-0.39, 0.29) is 12.1 Å². The number of rotatable bonds is 3. The quantitative estimate of drug-likeness (QED) is 0.395. The fourth-order valence-corrected chi connectivity index (χ4v) is 2.14. The van der Waals surface area contributed by atoms with E-state index in [1.54, 1.807) is 11.3 Å². The van der Waals surface area contributed by atoms with Gasteiger partial charge in [-0.15, -0.1) is 16.4 Å². The van der Waals surface area contributed by atoms with Gasteiger partial charge >= 0.3 is 7.32 Å². The Labute approximate surface area is 116 Å². The molecule has 6 nitrogen and oxygen atoms in total. The lowest BCUT2D eigenvalue weighted by Gasteiger charge is -2.23. The van der Waals surface area contributed by atoms with Crippen LogP contribution in [-0.4, -0.2) is 31.8 Å². The highest BCUT2D eigenvalue weighted by Crippen LogP contribution is 2.11. The van der Waals surface area contributed by atoms with Crippen molar-refractivity contribution in [1.29, 1.82) is 0 Å². The molecule has 0 aromatic carbocycles. The van der Waals surface area contributed by atoms with Crippen molar-refractivity contribution in [3.63, 3.8) is 0 Å². The Morgan fingerprint density at radius 2 is 2.42 bits per heavy atom. The summed E-state index contributed by atoms with van der Waals surface area (Å²) in [6.45, 7) is 4.39. The normalized spacial score (nSPS) is 21.6. The molecule has 1 aromatic rings. The molecule has 19 heavy (non-hydrogen) atoms. The van der Waals surface area contributed by atoms with Crippen LogP contribution in [0.1, 0.15) is 25.1 Å². The summed E-state index contributed by atoms with van der Waals surface area (Å²) in [7, 11) is -0.801. The van der Waals surface area contributed by atoms with Gasteiger partial charge in [-0.2, -0.15) is 0 Å². The second-order valence-electron chi connectivity index (χ2n) is 4.11. The summed E-state index contributed by atoms with van der Waals surface area (Å²) in [6, 6.07) is 3.84. The maximum absolute atomic E-state index is 5.62. The Morgan fingerprint density at radius 3 is 3.11 bits per heavy atom. The second kappa shape index (κ2) is 6.69. The lowest BCUT2D eigenvalue weighted by atomic mass is 10.1. The van der Waals surface area contributed by atoms with Gasteiger partial charge in [0, 0.05) is 12.7 Å². The largest absolute Gasteiger partial charge is 0.715 e. The van der Waals surface area contributed by atoms with Crippen LogP contribution < -0.4 is 5.73 Å². The number of hydrogen-bond donors (Lipinski definition) is 1. The van der Waals surface area contributed by atoms with Gasteiger partial charge in [0.25, 0.3) is 6.02 Å². The summed E-state index contributed by atoms with van der Waals surface area (Å²) < 4.78 is 15.8. The van der Waals surface area contributed by atoms with E-state index < -0.39 is 7.32 Å². The first kappa shape index (κ1) is 14.0. The smallest absolute Gasteiger partial charge is 0.483 e. The van der Waals surface area contributed by atoms with E-state index in [1.807, 2.05) is 31.4 Å². The fraction of sp³-hybridized carbons (Fsp3) is 0.455. The molecule has 102 valence electrons. The zero-order valence-corrected chi connectivity index (χ0v) is 11.7. The highest BCUT2D eigenvalue weighted by Gasteiger charge is 2.31. The van der Waals surface area contributed by atoms with Gasteiger partial charge in [-0.05, 0) is 31.7 Å². The molecule has 1 atom stereocenters. The third-order valence-corrected chi connectivity index (χ3v) is 3.49. The Morgan fingerprint density at radius 1 is 1.58 bits per heavy atom. The van der Waals surface area contributed by atoms with Gasteiger partial charge in [0.05, 0.1) is 10.6 Å². The average molecular weight is 281 g/mol. The van der Waals surface area contributed by atoms with Crippen LogP contribution in [0.2, 0.25) is 0 Å². The molecular weight excluding hydrogens is 265 g/mol. The Hall–Kier alpha value is -1.38. The van der Waals surface area contributed by atoms with E-state index in [9.17, 15) is 0 Å². The van der Waals surface area contributed by atoms with Crippen LogP contribution in [0.15, 0.2) is 27.7 Å². The minimum absolute atomic E-state index is 0.0741. The Bertz CT molecular complexity index is 464. The predicted molar refractivity (Wildman–Crippen MR) is 76.1 cm³/mol. The van der Waals surface area contributed by atoms with Crippen LogP contribution >= 0.6 is 11.3 Å². The third kappa shape index (κ3) is 4.34. The number of nitrogens with two attached hydrogens (primary N) is 1. The lowest BCUT2D eigenvalue weighted by Crippen LogP contribution is -2.40. The van der Waals surface area contributed by atoms with Crippen LogP contribution in [0.4, 0.5) is 0 Å². The maximum Gasteiger partial charge on any atom is 0.715 e. The van der Waals surface area contributed by atoms with Crippen molar-refractivity contribution in [1.82, 2.24) is 0 Å². The van der Waals surface area contributed by atoms with E-state index in [2.05, 4.69) is 10.2 Å². The SMILES string of the molecule is C/C(=N/N=C(/N)OB1OCCC(C)O1)c1cccs1. The minimum Gasteiger partial charge on any atom is -0.483 e. The van der Waals surface area contributed by atoms with Crippen molar-refractivity contribution < 1.29 is 14.0 Å². The van der Waals surface area contributed by atoms with Gasteiger partial charge in [0.1, 0.15) is 0 Å². The number of amidine groups is 1. The first-order valence-corrected chi connectivity index (χ1v) is 6.88. The molecule has 0 aliphatic carbocycles. The van der Waals surface area contributed by atoms with E-state index in [0.717, 1.165) is 17.0 Å². The van der Waals surface area contributed by atoms with Gasteiger partial charge in [0.15, 0.2) is 0 Å². The minimum atomic E-state index is -0.801. The second-order valence-corrected chi connectivity index (χ2v) is 5.06. The van der Waals surface area contributed by atoms with Gasteiger partial charge < -0.3 is 19.7 Å². The molecule has 0 spiro atoms. The predicted octanol–water partition coefficient (Wildman–Crippen LogP) is 1.61. The lowest BCUT2D eigenvalue weighted by molar-refractivity contribution is 0.0388. The molecule has 2 rings (SSSR count).